The standard InChI is InChI=1S/C23H37N3O4.HI/c1-4-24-22(25-9-5-10-27-15-18-8-11-28-16-18)26-17-23(2,3)19-6-7-20-21(14-19)30-13-12-29-20;/h6-7,14,18H,4-5,8-13,15-17H2,1-3H3,(H2,24,25,26);1H. The van der Waals surface area contributed by atoms with E-state index in [4.69, 9.17) is 23.9 Å². The number of hydrogen-bond acceptors (Lipinski definition) is 5. The molecule has 0 spiro atoms. The SMILES string of the molecule is CCNC(=NCC(C)(C)c1ccc2c(c1)OCCO2)NCCCOCC1CCOC1.I. The number of halogens is 1. The molecule has 2 heterocycles. The van der Waals surface area contributed by atoms with Crippen molar-refractivity contribution in [1.29, 1.82) is 0 Å². The molecular weight excluding hydrogens is 509 g/mol. The third kappa shape index (κ3) is 8.31. The number of benzene rings is 1. The van der Waals surface area contributed by atoms with Crippen molar-refractivity contribution in [3.05, 3.63) is 23.8 Å². The molecule has 1 unspecified atom stereocenters. The second-order valence-electron chi connectivity index (χ2n) is 8.52. The Kier molecular flexibility index (Phi) is 11.2. The Hall–Kier alpha value is -1.26. The molecule has 0 aliphatic carbocycles. The lowest BCUT2D eigenvalue weighted by molar-refractivity contribution is 0.0888. The molecule has 3 rings (SSSR count). The Morgan fingerprint density at radius 3 is 2.71 bits per heavy atom. The van der Waals surface area contributed by atoms with E-state index in [1.54, 1.807) is 0 Å². The number of rotatable bonds is 10. The van der Waals surface area contributed by atoms with Gasteiger partial charge in [0.1, 0.15) is 13.2 Å². The molecule has 0 aromatic heterocycles. The van der Waals surface area contributed by atoms with Crippen LogP contribution in [0.2, 0.25) is 0 Å². The highest BCUT2D eigenvalue weighted by Gasteiger charge is 2.23. The molecule has 1 saturated heterocycles. The molecule has 1 aromatic carbocycles. The van der Waals surface area contributed by atoms with Gasteiger partial charge in [0.05, 0.1) is 19.8 Å². The Morgan fingerprint density at radius 2 is 1.97 bits per heavy atom. The zero-order valence-corrected chi connectivity index (χ0v) is 21.4. The highest BCUT2D eigenvalue weighted by molar-refractivity contribution is 14.0. The highest BCUT2D eigenvalue weighted by Crippen LogP contribution is 2.35. The van der Waals surface area contributed by atoms with E-state index in [0.717, 1.165) is 69.8 Å². The van der Waals surface area contributed by atoms with Gasteiger partial charge < -0.3 is 29.6 Å². The molecule has 1 fully saturated rings. The van der Waals surface area contributed by atoms with Crippen molar-refractivity contribution in [2.75, 3.05) is 59.3 Å². The summed E-state index contributed by atoms with van der Waals surface area (Å²) in [6.45, 7) is 13.3. The van der Waals surface area contributed by atoms with Gasteiger partial charge in [0, 0.05) is 37.6 Å². The Balaban J connectivity index is 0.00000341. The second kappa shape index (κ2) is 13.3. The third-order valence-corrected chi connectivity index (χ3v) is 5.44. The fourth-order valence-electron chi connectivity index (χ4n) is 3.52. The Morgan fingerprint density at radius 1 is 1.16 bits per heavy atom. The number of hydrogen-bond donors (Lipinski definition) is 2. The summed E-state index contributed by atoms with van der Waals surface area (Å²) in [7, 11) is 0. The van der Waals surface area contributed by atoms with Gasteiger partial charge in [-0.1, -0.05) is 19.9 Å². The van der Waals surface area contributed by atoms with Crippen LogP contribution in [-0.2, 0) is 14.9 Å². The summed E-state index contributed by atoms with van der Waals surface area (Å²) < 4.78 is 22.5. The first kappa shape index (κ1) is 26.0. The monoisotopic (exact) mass is 547 g/mol. The number of nitrogens with one attached hydrogen (secondary N) is 2. The normalized spacial score (nSPS) is 18.4. The van der Waals surface area contributed by atoms with Crippen LogP contribution in [0.5, 0.6) is 11.5 Å². The first-order valence-corrected chi connectivity index (χ1v) is 11.2. The summed E-state index contributed by atoms with van der Waals surface area (Å²) in [6.07, 6.45) is 2.07. The van der Waals surface area contributed by atoms with Gasteiger partial charge in [-0.15, -0.1) is 24.0 Å². The average molecular weight is 547 g/mol. The average Bonchev–Trinajstić information content (AvgIpc) is 3.27. The van der Waals surface area contributed by atoms with Crippen LogP contribution in [0, 0.1) is 5.92 Å². The molecule has 7 nitrogen and oxygen atoms in total. The number of ether oxygens (including phenoxy) is 4. The lowest BCUT2D eigenvalue weighted by Gasteiger charge is -2.26. The molecule has 1 atom stereocenters. The molecule has 2 aliphatic rings. The Bertz CT molecular complexity index is 693. The zero-order valence-electron chi connectivity index (χ0n) is 19.1. The van der Waals surface area contributed by atoms with E-state index in [-0.39, 0.29) is 29.4 Å². The maximum Gasteiger partial charge on any atom is 0.191 e. The van der Waals surface area contributed by atoms with Crippen LogP contribution >= 0.6 is 24.0 Å². The summed E-state index contributed by atoms with van der Waals surface area (Å²) in [5.74, 6) is 3.05. The fraction of sp³-hybridized carbons (Fsp3) is 0.696. The quantitative estimate of drug-likeness (QED) is 0.203. The van der Waals surface area contributed by atoms with E-state index < -0.39 is 0 Å². The van der Waals surface area contributed by atoms with Crippen molar-refractivity contribution in [1.82, 2.24) is 10.6 Å². The molecular formula is C23H38IN3O4. The molecule has 31 heavy (non-hydrogen) atoms. The van der Waals surface area contributed by atoms with Gasteiger partial charge in [-0.05, 0) is 37.5 Å². The summed E-state index contributed by atoms with van der Waals surface area (Å²) in [5, 5.41) is 6.74. The van der Waals surface area contributed by atoms with Crippen LogP contribution in [0.3, 0.4) is 0 Å². The summed E-state index contributed by atoms with van der Waals surface area (Å²) in [6, 6.07) is 6.18. The molecule has 2 N–H and O–H groups in total. The fourth-order valence-corrected chi connectivity index (χ4v) is 3.52. The van der Waals surface area contributed by atoms with Crippen LogP contribution < -0.4 is 20.1 Å². The molecule has 0 saturated carbocycles. The van der Waals surface area contributed by atoms with Crippen LogP contribution in [0.4, 0.5) is 0 Å². The molecule has 0 amide bonds. The summed E-state index contributed by atoms with van der Waals surface area (Å²) in [5.41, 5.74) is 1.07. The molecule has 176 valence electrons. The van der Waals surface area contributed by atoms with E-state index in [0.29, 0.717) is 25.7 Å². The predicted molar refractivity (Wildman–Crippen MR) is 134 cm³/mol. The highest BCUT2D eigenvalue weighted by atomic mass is 127. The molecule has 0 radical (unpaired) electrons. The lowest BCUT2D eigenvalue weighted by Crippen LogP contribution is -2.39. The summed E-state index contributed by atoms with van der Waals surface area (Å²) >= 11 is 0. The predicted octanol–water partition coefficient (Wildman–Crippen LogP) is 3.35. The summed E-state index contributed by atoms with van der Waals surface area (Å²) in [4.78, 5) is 4.82. The van der Waals surface area contributed by atoms with E-state index in [1.165, 1.54) is 5.56 Å². The third-order valence-electron chi connectivity index (χ3n) is 5.44. The van der Waals surface area contributed by atoms with Gasteiger partial charge in [-0.3, -0.25) is 4.99 Å². The van der Waals surface area contributed by atoms with Crippen molar-refractivity contribution >= 4 is 29.9 Å². The minimum absolute atomic E-state index is 0. The van der Waals surface area contributed by atoms with Crippen molar-refractivity contribution in [3.8, 4) is 11.5 Å². The van der Waals surface area contributed by atoms with Gasteiger partial charge in [-0.2, -0.15) is 0 Å². The molecule has 1 aromatic rings. The van der Waals surface area contributed by atoms with Crippen LogP contribution in [0.1, 0.15) is 39.2 Å². The smallest absolute Gasteiger partial charge is 0.191 e. The van der Waals surface area contributed by atoms with Crippen LogP contribution in [0.15, 0.2) is 23.2 Å². The maximum atomic E-state index is 5.77. The van der Waals surface area contributed by atoms with Crippen molar-refractivity contribution in [2.45, 2.75) is 39.0 Å². The van der Waals surface area contributed by atoms with Gasteiger partial charge in [0.15, 0.2) is 17.5 Å². The lowest BCUT2D eigenvalue weighted by atomic mass is 9.84. The first-order chi connectivity index (χ1) is 14.6. The van der Waals surface area contributed by atoms with E-state index in [9.17, 15) is 0 Å². The van der Waals surface area contributed by atoms with Gasteiger partial charge in [-0.25, -0.2) is 0 Å². The van der Waals surface area contributed by atoms with Gasteiger partial charge in [0.25, 0.3) is 0 Å². The van der Waals surface area contributed by atoms with Gasteiger partial charge in [0.2, 0.25) is 0 Å². The number of fused-ring (bicyclic) bond motifs is 1. The first-order valence-electron chi connectivity index (χ1n) is 11.2. The Labute approximate surface area is 203 Å². The van der Waals surface area contributed by atoms with Crippen LogP contribution in [0.25, 0.3) is 0 Å². The van der Waals surface area contributed by atoms with Crippen molar-refractivity contribution in [3.63, 3.8) is 0 Å². The minimum atomic E-state index is -0.120. The topological polar surface area (TPSA) is 73.3 Å². The molecule has 2 aliphatic heterocycles. The number of aliphatic imine (C=N–C) groups is 1. The van der Waals surface area contributed by atoms with Gasteiger partial charge >= 0.3 is 0 Å². The van der Waals surface area contributed by atoms with Crippen molar-refractivity contribution < 1.29 is 18.9 Å². The largest absolute Gasteiger partial charge is 0.486 e. The molecule has 8 heteroatoms. The van der Waals surface area contributed by atoms with Crippen molar-refractivity contribution in [2.24, 2.45) is 10.9 Å². The van der Waals surface area contributed by atoms with Crippen LogP contribution in [-0.4, -0.2) is 65.2 Å². The molecule has 0 bridgehead atoms. The second-order valence-corrected chi connectivity index (χ2v) is 8.52. The zero-order chi connectivity index (χ0) is 21.2. The van der Waals surface area contributed by atoms with E-state index in [1.807, 2.05) is 6.07 Å². The number of nitrogens with zero attached hydrogens (tertiary/aromatic N) is 1. The number of guanidine groups is 1. The minimum Gasteiger partial charge on any atom is -0.486 e. The maximum absolute atomic E-state index is 5.77. The van der Waals surface area contributed by atoms with E-state index >= 15 is 0 Å². The van der Waals surface area contributed by atoms with E-state index in [2.05, 4.69) is 43.5 Å².